The quantitative estimate of drug-likeness (QED) is 0.474. The molecule has 1 unspecified atom stereocenters. The van der Waals surface area contributed by atoms with Crippen LogP contribution in [-0.2, 0) is 4.79 Å². The minimum Gasteiger partial charge on any atom is -0.550 e. The van der Waals surface area contributed by atoms with E-state index in [0.29, 0.717) is 12.2 Å². The van der Waals surface area contributed by atoms with E-state index < -0.39 is 5.97 Å². The molecular formula is C11H21O2S-. The highest BCUT2D eigenvalue weighted by molar-refractivity contribution is 7.80. The van der Waals surface area contributed by atoms with Gasteiger partial charge in [0.1, 0.15) is 0 Å². The van der Waals surface area contributed by atoms with Crippen LogP contribution in [0.25, 0.3) is 0 Å². The zero-order chi connectivity index (χ0) is 10.8. The van der Waals surface area contributed by atoms with Gasteiger partial charge in [0.25, 0.3) is 0 Å². The van der Waals surface area contributed by atoms with Gasteiger partial charge in [-0.2, -0.15) is 12.6 Å². The number of carbonyl (C=O) groups is 1. The summed E-state index contributed by atoms with van der Waals surface area (Å²) >= 11 is 4.04. The highest BCUT2D eigenvalue weighted by atomic mass is 32.1. The van der Waals surface area contributed by atoms with Gasteiger partial charge in [0.05, 0.1) is 0 Å². The minimum atomic E-state index is -0.908. The SMILES string of the molecule is CCCCCCCC(CCS)C(=O)[O-]. The van der Waals surface area contributed by atoms with Crippen molar-refractivity contribution in [1.82, 2.24) is 0 Å². The number of carbonyl (C=O) groups excluding carboxylic acids is 1. The summed E-state index contributed by atoms with van der Waals surface area (Å²) in [5.41, 5.74) is 0. The van der Waals surface area contributed by atoms with Gasteiger partial charge in [0.2, 0.25) is 0 Å². The van der Waals surface area contributed by atoms with Crippen molar-refractivity contribution in [2.24, 2.45) is 5.92 Å². The van der Waals surface area contributed by atoms with Gasteiger partial charge in [-0.25, -0.2) is 0 Å². The molecule has 2 nitrogen and oxygen atoms in total. The first kappa shape index (κ1) is 13.8. The zero-order valence-corrected chi connectivity index (χ0v) is 9.89. The van der Waals surface area contributed by atoms with Crippen LogP contribution in [0, 0.1) is 5.92 Å². The molecule has 0 spiro atoms. The molecule has 0 rings (SSSR count). The Kier molecular flexibility index (Phi) is 9.26. The van der Waals surface area contributed by atoms with Gasteiger partial charge in [0, 0.05) is 5.97 Å². The number of thiol groups is 1. The Hall–Kier alpha value is -0.180. The van der Waals surface area contributed by atoms with E-state index in [9.17, 15) is 9.90 Å². The van der Waals surface area contributed by atoms with Gasteiger partial charge in [-0.3, -0.25) is 0 Å². The van der Waals surface area contributed by atoms with E-state index in [1.54, 1.807) is 0 Å². The summed E-state index contributed by atoms with van der Waals surface area (Å²) in [7, 11) is 0. The Morgan fingerprint density at radius 2 is 1.86 bits per heavy atom. The van der Waals surface area contributed by atoms with Crippen molar-refractivity contribution in [2.45, 2.75) is 51.9 Å². The van der Waals surface area contributed by atoms with Crippen LogP contribution in [-0.4, -0.2) is 11.7 Å². The molecule has 0 amide bonds. The molecule has 0 N–H and O–H groups in total. The summed E-state index contributed by atoms with van der Waals surface area (Å²) in [4.78, 5) is 10.7. The van der Waals surface area contributed by atoms with Gasteiger partial charge < -0.3 is 9.90 Å². The Morgan fingerprint density at radius 3 is 2.36 bits per heavy atom. The standard InChI is InChI=1S/C11H22O2S/c1-2-3-4-5-6-7-10(8-9-14)11(12)13/h10,14H,2-9H2,1H3,(H,12,13)/p-1. The van der Waals surface area contributed by atoms with Crippen molar-refractivity contribution in [3.63, 3.8) is 0 Å². The number of carboxylic acids is 1. The number of unbranched alkanes of at least 4 members (excludes halogenated alkanes) is 4. The molecule has 0 aliphatic rings. The van der Waals surface area contributed by atoms with Crippen molar-refractivity contribution in [3.05, 3.63) is 0 Å². The predicted octanol–water partition coefficient (Wildman–Crippen LogP) is 2.03. The summed E-state index contributed by atoms with van der Waals surface area (Å²) in [5.74, 6) is -0.559. The fraction of sp³-hybridized carbons (Fsp3) is 0.909. The second kappa shape index (κ2) is 9.38. The molecule has 0 saturated heterocycles. The summed E-state index contributed by atoms with van der Waals surface area (Å²) < 4.78 is 0. The van der Waals surface area contributed by atoms with E-state index in [4.69, 9.17) is 0 Å². The maximum atomic E-state index is 10.7. The molecule has 84 valence electrons. The summed E-state index contributed by atoms with van der Waals surface area (Å²) in [6.45, 7) is 2.17. The molecule has 0 aromatic rings. The average molecular weight is 217 g/mol. The molecule has 0 aromatic carbocycles. The Balaban J connectivity index is 3.46. The number of hydrogen-bond donors (Lipinski definition) is 1. The van der Waals surface area contributed by atoms with E-state index >= 15 is 0 Å². The normalized spacial score (nSPS) is 12.7. The van der Waals surface area contributed by atoms with Crippen molar-refractivity contribution in [2.75, 3.05) is 5.75 Å². The van der Waals surface area contributed by atoms with Crippen molar-refractivity contribution in [3.8, 4) is 0 Å². The van der Waals surface area contributed by atoms with Gasteiger partial charge in [-0.1, -0.05) is 39.0 Å². The van der Waals surface area contributed by atoms with Gasteiger partial charge in [-0.15, -0.1) is 0 Å². The van der Waals surface area contributed by atoms with Gasteiger partial charge in [-0.05, 0) is 24.5 Å². The molecule has 14 heavy (non-hydrogen) atoms. The molecule has 0 heterocycles. The fourth-order valence-corrected chi connectivity index (χ4v) is 1.84. The second-order valence-electron chi connectivity index (χ2n) is 3.73. The monoisotopic (exact) mass is 217 g/mol. The summed E-state index contributed by atoms with van der Waals surface area (Å²) in [5, 5.41) is 10.7. The lowest BCUT2D eigenvalue weighted by Crippen LogP contribution is -2.31. The molecule has 0 aromatic heterocycles. The van der Waals surface area contributed by atoms with E-state index in [-0.39, 0.29) is 5.92 Å². The molecule has 0 saturated carbocycles. The van der Waals surface area contributed by atoms with Crippen LogP contribution in [0.15, 0.2) is 0 Å². The summed E-state index contributed by atoms with van der Waals surface area (Å²) in [6, 6.07) is 0. The number of hydrogen-bond acceptors (Lipinski definition) is 3. The van der Waals surface area contributed by atoms with Gasteiger partial charge >= 0.3 is 0 Å². The Labute approximate surface area is 92.5 Å². The molecule has 0 aliphatic carbocycles. The molecule has 0 fully saturated rings. The number of rotatable bonds is 9. The number of aliphatic carboxylic acids is 1. The van der Waals surface area contributed by atoms with E-state index in [1.807, 2.05) is 0 Å². The maximum Gasteiger partial charge on any atom is 0.0445 e. The third-order valence-electron chi connectivity index (χ3n) is 2.47. The second-order valence-corrected chi connectivity index (χ2v) is 4.18. The minimum absolute atomic E-state index is 0.283. The first-order valence-electron chi connectivity index (χ1n) is 5.54. The topological polar surface area (TPSA) is 40.1 Å². The fourth-order valence-electron chi connectivity index (χ4n) is 1.53. The highest BCUT2D eigenvalue weighted by Gasteiger charge is 2.07. The smallest absolute Gasteiger partial charge is 0.0445 e. The first-order valence-corrected chi connectivity index (χ1v) is 6.17. The predicted molar refractivity (Wildman–Crippen MR) is 60.3 cm³/mol. The van der Waals surface area contributed by atoms with Crippen molar-refractivity contribution >= 4 is 18.6 Å². The largest absolute Gasteiger partial charge is 0.550 e. The lowest BCUT2D eigenvalue weighted by Gasteiger charge is -2.16. The van der Waals surface area contributed by atoms with Crippen LogP contribution in [0.5, 0.6) is 0 Å². The molecule has 3 heteroatoms. The van der Waals surface area contributed by atoms with Crippen LogP contribution in [0.4, 0.5) is 0 Å². The average Bonchev–Trinajstić information content (AvgIpc) is 2.15. The van der Waals surface area contributed by atoms with E-state index in [2.05, 4.69) is 19.6 Å². The summed E-state index contributed by atoms with van der Waals surface area (Å²) in [6.07, 6.45) is 7.24. The third-order valence-corrected chi connectivity index (χ3v) is 2.73. The molecule has 0 bridgehead atoms. The van der Waals surface area contributed by atoms with Crippen LogP contribution in [0.1, 0.15) is 51.9 Å². The molecular weight excluding hydrogens is 196 g/mol. The van der Waals surface area contributed by atoms with Crippen molar-refractivity contribution in [1.29, 1.82) is 0 Å². The molecule has 0 aliphatic heterocycles. The zero-order valence-electron chi connectivity index (χ0n) is 9.00. The highest BCUT2D eigenvalue weighted by Crippen LogP contribution is 2.14. The van der Waals surface area contributed by atoms with E-state index in [1.165, 1.54) is 19.3 Å². The van der Waals surface area contributed by atoms with Crippen LogP contribution < -0.4 is 5.11 Å². The third kappa shape index (κ3) is 7.25. The van der Waals surface area contributed by atoms with Crippen molar-refractivity contribution < 1.29 is 9.90 Å². The van der Waals surface area contributed by atoms with Crippen LogP contribution in [0.3, 0.4) is 0 Å². The Bertz CT molecular complexity index is 148. The van der Waals surface area contributed by atoms with Gasteiger partial charge in [0.15, 0.2) is 0 Å². The number of carboxylic acid groups (broad SMARTS) is 1. The van der Waals surface area contributed by atoms with E-state index in [0.717, 1.165) is 19.3 Å². The van der Waals surface area contributed by atoms with Crippen LogP contribution in [0.2, 0.25) is 0 Å². The van der Waals surface area contributed by atoms with Crippen LogP contribution >= 0.6 is 12.6 Å². The Morgan fingerprint density at radius 1 is 1.21 bits per heavy atom. The lowest BCUT2D eigenvalue weighted by atomic mass is 9.98. The molecule has 1 atom stereocenters. The first-order chi connectivity index (χ1) is 6.72. The lowest BCUT2D eigenvalue weighted by molar-refractivity contribution is -0.311. The molecule has 0 radical (unpaired) electrons. The maximum absolute atomic E-state index is 10.7.